The Bertz CT molecular complexity index is 340. The Balaban J connectivity index is 2.36. The fourth-order valence-electron chi connectivity index (χ4n) is 2.05. The first-order valence-corrected chi connectivity index (χ1v) is 5.01. The lowest BCUT2D eigenvalue weighted by Gasteiger charge is -2.28. The standard InChI is InChI=1S/C10H15N3O/c1-2-6-3-4-8-7(9(6)14)5-12-10(11)13-8/h5-6,9,14H,2-4H2,1H3,(H2,11,12,13). The lowest BCUT2D eigenvalue weighted by atomic mass is 9.83. The first kappa shape index (κ1) is 9.40. The van der Waals surface area contributed by atoms with Crippen LogP contribution in [0.15, 0.2) is 6.20 Å². The molecule has 0 radical (unpaired) electrons. The first-order valence-electron chi connectivity index (χ1n) is 5.01. The van der Waals surface area contributed by atoms with Crippen LogP contribution in [-0.4, -0.2) is 15.1 Å². The fraction of sp³-hybridized carbons (Fsp3) is 0.600. The van der Waals surface area contributed by atoms with Gasteiger partial charge in [-0.05, 0) is 18.8 Å². The predicted molar refractivity (Wildman–Crippen MR) is 53.5 cm³/mol. The average Bonchev–Trinajstić information content (AvgIpc) is 2.18. The largest absolute Gasteiger partial charge is 0.388 e. The molecule has 2 atom stereocenters. The minimum absolute atomic E-state index is 0.297. The van der Waals surface area contributed by atoms with Crippen LogP contribution in [0.2, 0.25) is 0 Å². The molecular formula is C10H15N3O. The number of aliphatic hydroxyl groups excluding tert-OH is 1. The van der Waals surface area contributed by atoms with E-state index in [1.54, 1.807) is 6.20 Å². The number of hydrogen-bond acceptors (Lipinski definition) is 4. The molecule has 14 heavy (non-hydrogen) atoms. The molecule has 3 N–H and O–H groups in total. The van der Waals surface area contributed by atoms with Crippen LogP contribution in [0.3, 0.4) is 0 Å². The molecule has 2 rings (SSSR count). The zero-order chi connectivity index (χ0) is 10.1. The summed E-state index contributed by atoms with van der Waals surface area (Å²) in [4.78, 5) is 8.06. The van der Waals surface area contributed by atoms with Crippen molar-refractivity contribution in [3.63, 3.8) is 0 Å². The zero-order valence-electron chi connectivity index (χ0n) is 8.27. The highest BCUT2D eigenvalue weighted by molar-refractivity contribution is 5.29. The second-order valence-electron chi connectivity index (χ2n) is 3.78. The Hall–Kier alpha value is -1.16. The molecule has 0 aromatic carbocycles. The van der Waals surface area contributed by atoms with E-state index in [0.717, 1.165) is 30.5 Å². The van der Waals surface area contributed by atoms with Crippen LogP contribution in [0.4, 0.5) is 5.95 Å². The molecule has 1 aliphatic rings. The maximum Gasteiger partial charge on any atom is 0.220 e. The summed E-state index contributed by atoms with van der Waals surface area (Å²) in [5, 5.41) is 9.99. The van der Waals surface area contributed by atoms with Gasteiger partial charge in [-0.25, -0.2) is 9.97 Å². The quantitative estimate of drug-likeness (QED) is 0.699. The van der Waals surface area contributed by atoms with Crippen molar-refractivity contribution in [3.8, 4) is 0 Å². The van der Waals surface area contributed by atoms with Gasteiger partial charge in [-0.2, -0.15) is 0 Å². The smallest absolute Gasteiger partial charge is 0.220 e. The summed E-state index contributed by atoms with van der Waals surface area (Å²) in [6, 6.07) is 0. The first-order chi connectivity index (χ1) is 6.72. The number of nitrogens with zero attached hydrogens (tertiary/aromatic N) is 2. The number of nitrogens with two attached hydrogens (primary N) is 1. The van der Waals surface area contributed by atoms with Gasteiger partial charge in [0.15, 0.2) is 0 Å². The highest BCUT2D eigenvalue weighted by atomic mass is 16.3. The molecule has 0 saturated heterocycles. The number of fused-ring (bicyclic) bond motifs is 1. The maximum absolute atomic E-state index is 9.99. The minimum Gasteiger partial charge on any atom is -0.388 e. The number of aryl methyl sites for hydroxylation is 1. The summed E-state index contributed by atoms with van der Waals surface area (Å²) in [7, 11) is 0. The van der Waals surface area contributed by atoms with Gasteiger partial charge in [-0.3, -0.25) is 0 Å². The summed E-state index contributed by atoms with van der Waals surface area (Å²) in [5.41, 5.74) is 7.26. The number of aliphatic hydroxyl groups is 1. The van der Waals surface area contributed by atoms with E-state index in [0.29, 0.717) is 11.9 Å². The van der Waals surface area contributed by atoms with Crippen LogP contribution in [0, 0.1) is 5.92 Å². The van der Waals surface area contributed by atoms with Gasteiger partial charge in [0.25, 0.3) is 0 Å². The van der Waals surface area contributed by atoms with Crippen molar-refractivity contribution >= 4 is 5.95 Å². The van der Waals surface area contributed by atoms with Crippen molar-refractivity contribution in [1.82, 2.24) is 9.97 Å². The van der Waals surface area contributed by atoms with Crippen molar-refractivity contribution < 1.29 is 5.11 Å². The highest BCUT2D eigenvalue weighted by Crippen LogP contribution is 2.34. The molecular weight excluding hydrogens is 178 g/mol. The Labute approximate surface area is 83.2 Å². The number of nitrogen functional groups attached to an aromatic ring is 1. The van der Waals surface area contributed by atoms with Crippen molar-refractivity contribution in [1.29, 1.82) is 0 Å². The molecule has 0 fully saturated rings. The fourth-order valence-corrected chi connectivity index (χ4v) is 2.05. The van der Waals surface area contributed by atoms with Crippen molar-refractivity contribution in [2.45, 2.75) is 32.3 Å². The number of hydrogen-bond donors (Lipinski definition) is 2. The summed E-state index contributed by atoms with van der Waals surface area (Å²) in [6.45, 7) is 2.09. The highest BCUT2D eigenvalue weighted by Gasteiger charge is 2.27. The Kier molecular flexibility index (Phi) is 2.37. The molecule has 1 heterocycles. The molecule has 0 saturated carbocycles. The summed E-state index contributed by atoms with van der Waals surface area (Å²) >= 11 is 0. The van der Waals surface area contributed by atoms with Crippen LogP contribution < -0.4 is 5.73 Å². The summed E-state index contributed by atoms with van der Waals surface area (Å²) in [6.07, 6.45) is 4.12. The van der Waals surface area contributed by atoms with Gasteiger partial charge >= 0.3 is 0 Å². The van der Waals surface area contributed by atoms with Gasteiger partial charge in [-0.15, -0.1) is 0 Å². The molecule has 0 aliphatic heterocycles. The van der Waals surface area contributed by atoms with Gasteiger partial charge in [0.2, 0.25) is 5.95 Å². The SMILES string of the molecule is CCC1CCc2nc(N)ncc2C1O. The molecule has 4 nitrogen and oxygen atoms in total. The second kappa shape index (κ2) is 3.53. The molecule has 0 amide bonds. The second-order valence-corrected chi connectivity index (χ2v) is 3.78. The number of anilines is 1. The van der Waals surface area contributed by atoms with E-state index in [9.17, 15) is 5.11 Å². The van der Waals surface area contributed by atoms with E-state index in [4.69, 9.17) is 5.73 Å². The van der Waals surface area contributed by atoms with Gasteiger partial charge in [0, 0.05) is 11.8 Å². The van der Waals surface area contributed by atoms with Crippen LogP contribution in [0.25, 0.3) is 0 Å². The van der Waals surface area contributed by atoms with E-state index >= 15 is 0 Å². The molecule has 1 aromatic rings. The normalized spacial score (nSPS) is 25.9. The molecule has 1 aliphatic carbocycles. The van der Waals surface area contributed by atoms with E-state index in [1.165, 1.54) is 0 Å². The van der Waals surface area contributed by atoms with Gasteiger partial charge in [0.1, 0.15) is 0 Å². The van der Waals surface area contributed by atoms with E-state index in [-0.39, 0.29) is 0 Å². The topological polar surface area (TPSA) is 72.0 Å². The average molecular weight is 193 g/mol. The minimum atomic E-state index is -0.413. The Morgan fingerprint density at radius 1 is 1.64 bits per heavy atom. The third-order valence-corrected chi connectivity index (χ3v) is 2.96. The molecule has 1 aromatic heterocycles. The van der Waals surface area contributed by atoms with Crippen LogP contribution in [0.5, 0.6) is 0 Å². The monoisotopic (exact) mass is 193 g/mol. The van der Waals surface area contributed by atoms with Crippen LogP contribution >= 0.6 is 0 Å². The lowest BCUT2D eigenvalue weighted by Crippen LogP contribution is -2.21. The van der Waals surface area contributed by atoms with Crippen LogP contribution in [-0.2, 0) is 6.42 Å². The number of rotatable bonds is 1. The zero-order valence-corrected chi connectivity index (χ0v) is 8.27. The van der Waals surface area contributed by atoms with Crippen molar-refractivity contribution in [2.75, 3.05) is 5.73 Å². The maximum atomic E-state index is 9.99. The van der Waals surface area contributed by atoms with E-state index < -0.39 is 6.10 Å². The molecule has 0 bridgehead atoms. The molecule has 76 valence electrons. The third-order valence-electron chi connectivity index (χ3n) is 2.96. The number of aromatic nitrogens is 2. The van der Waals surface area contributed by atoms with Crippen molar-refractivity contribution in [2.24, 2.45) is 5.92 Å². The van der Waals surface area contributed by atoms with E-state index in [2.05, 4.69) is 16.9 Å². The van der Waals surface area contributed by atoms with E-state index in [1.807, 2.05) is 0 Å². The Morgan fingerprint density at radius 2 is 2.43 bits per heavy atom. The van der Waals surface area contributed by atoms with Crippen LogP contribution in [0.1, 0.15) is 37.1 Å². The Morgan fingerprint density at radius 3 is 3.14 bits per heavy atom. The molecule has 2 unspecified atom stereocenters. The molecule has 4 heteroatoms. The lowest BCUT2D eigenvalue weighted by molar-refractivity contribution is 0.0900. The van der Waals surface area contributed by atoms with Crippen molar-refractivity contribution in [3.05, 3.63) is 17.5 Å². The predicted octanol–water partition coefficient (Wildman–Crippen LogP) is 1.06. The molecule has 0 spiro atoms. The van der Waals surface area contributed by atoms with Gasteiger partial charge in [0.05, 0.1) is 11.8 Å². The van der Waals surface area contributed by atoms with Gasteiger partial charge < -0.3 is 10.8 Å². The third kappa shape index (κ3) is 1.46. The summed E-state index contributed by atoms with van der Waals surface area (Å²) < 4.78 is 0. The van der Waals surface area contributed by atoms with Gasteiger partial charge in [-0.1, -0.05) is 13.3 Å². The summed E-state index contributed by atoms with van der Waals surface area (Å²) in [5.74, 6) is 0.639.